The number of rotatable bonds is 7. The van der Waals surface area contributed by atoms with Gasteiger partial charge in [-0.05, 0) is 31.2 Å². The molecular weight excluding hydrogens is 266 g/mol. The van der Waals surface area contributed by atoms with E-state index in [1.165, 1.54) is 5.56 Å². The van der Waals surface area contributed by atoms with Crippen LogP contribution < -0.4 is 14.8 Å². The average molecular weight is 289 g/mol. The minimum atomic E-state index is 0.287. The predicted octanol–water partition coefficient (Wildman–Crippen LogP) is 2.68. The van der Waals surface area contributed by atoms with E-state index < -0.39 is 0 Å². The third-order valence-corrected chi connectivity index (χ3v) is 3.49. The molecule has 1 heterocycles. The quantitative estimate of drug-likeness (QED) is 0.851. The maximum atomic E-state index is 5.84. The molecule has 1 unspecified atom stereocenters. The molecule has 0 aliphatic heterocycles. The van der Waals surface area contributed by atoms with E-state index in [1.54, 1.807) is 19.6 Å². The van der Waals surface area contributed by atoms with Crippen LogP contribution >= 0.6 is 0 Å². The Morgan fingerprint density at radius 2 is 2.14 bits per heavy atom. The van der Waals surface area contributed by atoms with E-state index in [0.29, 0.717) is 6.61 Å². The molecule has 1 aromatic carbocycles. The monoisotopic (exact) mass is 289 g/mol. The first kappa shape index (κ1) is 15.4. The largest absolute Gasteiger partial charge is 0.493 e. The summed E-state index contributed by atoms with van der Waals surface area (Å²) in [5, 5.41) is 3.39. The van der Waals surface area contributed by atoms with Crippen molar-refractivity contribution in [2.75, 3.05) is 13.7 Å². The van der Waals surface area contributed by atoms with E-state index in [9.17, 15) is 0 Å². The molecule has 114 valence electrons. The van der Waals surface area contributed by atoms with E-state index in [-0.39, 0.29) is 6.04 Å². The molecule has 0 amide bonds. The van der Waals surface area contributed by atoms with Gasteiger partial charge >= 0.3 is 0 Å². The number of nitrogens with one attached hydrogen (secondary N) is 1. The summed E-state index contributed by atoms with van der Waals surface area (Å²) in [5.41, 5.74) is 2.20. The molecule has 0 fully saturated rings. The number of aromatic nitrogens is 2. The zero-order valence-corrected chi connectivity index (χ0v) is 13.1. The van der Waals surface area contributed by atoms with E-state index in [0.717, 1.165) is 23.7 Å². The van der Waals surface area contributed by atoms with Gasteiger partial charge in [-0.3, -0.25) is 0 Å². The molecule has 2 aromatic rings. The lowest BCUT2D eigenvalue weighted by Gasteiger charge is -2.16. The van der Waals surface area contributed by atoms with Crippen molar-refractivity contribution in [2.24, 2.45) is 7.05 Å². The molecular formula is C16H23N3O2. The standard InChI is InChI=1S/C16H23N3O2/c1-5-18-12(2)13-6-7-15(16(8-13)20-4)21-10-14-9-17-11-19(14)3/h6-9,11-12,18H,5,10H2,1-4H3. The molecule has 1 aromatic heterocycles. The van der Waals surface area contributed by atoms with Gasteiger partial charge in [0.1, 0.15) is 6.61 Å². The van der Waals surface area contributed by atoms with Crippen molar-refractivity contribution < 1.29 is 9.47 Å². The third-order valence-electron chi connectivity index (χ3n) is 3.49. The molecule has 0 spiro atoms. The van der Waals surface area contributed by atoms with Gasteiger partial charge in [0.15, 0.2) is 11.5 Å². The number of benzene rings is 1. The molecule has 1 atom stereocenters. The lowest BCUT2D eigenvalue weighted by atomic mass is 10.1. The highest BCUT2D eigenvalue weighted by atomic mass is 16.5. The van der Waals surface area contributed by atoms with Crippen molar-refractivity contribution >= 4 is 0 Å². The summed E-state index contributed by atoms with van der Waals surface area (Å²) >= 11 is 0. The van der Waals surface area contributed by atoms with Crippen LogP contribution in [0.4, 0.5) is 0 Å². The zero-order chi connectivity index (χ0) is 15.2. The van der Waals surface area contributed by atoms with Crippen LogP contribution in [0.2, 0.25) is 0 Å². The maximum Gasteiger partial charge on any atom is 0.161 e. The van der Waals surface area contributed by atoms with E-state index >= 15 is 0 Å². The Hall–Kier alpha value is -2.01. The summed E-state index contributed by atoms with van der Waals surface area (Å²) in [6, 6.07) is 6.33. The van der Waals surface area contributed by atoms with Crippen molar-refractivity contribution in [1.29, 1.82) is 0 Å². The van der Waals surface area contributed by atoms with Crippen LogP contribution in [0.3, 0.4) is 0 Å². The van der Waals surface area contributed by atoms with Gasteiger partial charge in [-0.1, -0.05) is 13.0 Å². The molecule has 1 N–H and O–H groups in total. The number of imidazole rings is 1. The van der Waals surface area contributed by atoms with Crippen molar-refractivity contribution in [2.45, 2.75) is 26.5 Å². The second-order valence-corrected chi connectivity index (χ2v) is 4.97. The van der Waals surface area contributed by atoms with Crippen LogP contribution in [0.25, 0.3) is 0 Å². The first-order valence-electron chi connectivity index (χ1n) is 7.15. The maximum absolute atomic E-state index is 5.84. The van der Waals surface area contributed by atoms with Gasteiger partial charge < -0.3 is 19.4 Å². The summed E-state index contributed by atoms with van der Waals surface area (Å²) in [4.78, 5) is 4.08. The fourth-order valence-electron chi connectivity index (χ4n) is 2.17. The van der Waals surface area contributed by atoms with E-state index in [1.807, 2.05) is 23.7 Å². The van der Waals surface area contributed by atoms with Crippen molar-refractivity contribution in [3.8, 4) is 11.5 Å². The van der Waals surface area contributed by atoms with Gasteiger partial charge in [0.05, 0.1) is 25.3 Å². The van der Waals surface area contributed by atoms with Crippen LogP contribution in [-0.4, -0.2) is 23.2 Å². The Labute approximate surface area is 125 Å². The van der Waals surface area contributed by atoms with Gasteiger partial charge in [-0.2, -0.15) is 0 Å². The predicted molar refractivity (Wildman–Crippen MR) is 82.6 cm³/mol. The molecule has 2 rings (SSSR count). The van der Waals surface area contributed by atoms with Gasteiger partial charge in [-0.15, -0.1) is 0 Å². The van der Waals surface area contributed by atoms with Crippen molar-refractivity contribution in [3.05, 3.63) is 42.0 Å². The molecule has 21 heavy (non-hydrogen) atoms. The number of aryl methyl sites for hydroxylation is 1. The first-order valence-corrected chi connectivity index (χ1v) is 7.15. The molecule has 5 nitrogen and oxygen atoms in total. The number of hydrogen-bond acceptors (Lipinski definition) is 4. The fourth-order valence-corrected chi connectivity index (χ4v) is 2.17. The van der Waals surface area contributed by atoms with Crippen LogP contribution in [-0.2, 0) is 13.7 Å². The normalized spacial score (nSPS) is 12.2. The average Bonchev–Trinajstić information content (AvgIpc) is 2.90. The molecule has 0 aliphatic rings. The van der Waals surface area contributed by atoms with Crippen LogP contribution in [0, 0.1) is 0 Å². The Morgan fingerprint density at radius 3 is 2.76 bits per heavy atom. The minimum absolute atomic E-state index is 0.287. The van der Waals surface area contributed by atoms with Gasteiger partial charge in [0.25, 0.3) is 0 Å². The van der Waals surface area contributed by atoms with Crippen LogP contribution in [0.1, 0.15) is 31.1 Å². The van der Waals surface area contributed by atoms with Crippen molar-refractivity contribution in [1.82, 2.24) is 14.9 Å². The summed E-state index contributed by atoms with van der Waals surface area (Å²) in [6.07, 6.45) is 3.56. The van der Waals surface area contributed by atoms with E-state index in [2.05, 4.69) is 30.2 Å². The van der Waals surface area contributed by atoms with Crippen molar-refractivity contribution in [3.63, 3.8) is 0 Å². The third kappa shape index (κ3) is 3.76. The Balaban J connectivity index is 2.11. The summed E-state index contributed by atoms with van der Waals surface area (Å²) in [5.74, 6) is 1.49. The van der Waals surface area contributed by atoms with Gasteiger partial charge in [0, 0.05) is 13.1 Å². The number of ether oxygens (including phenoxy) is 2. The molecule has 0 bridgehead atoms. The molecule has 0 saturated heterocycles. The number of nitrogens with zero attached hydrogens (tertiary/aromatic N) is 2. The highest BCUT2D eigenvalue weighted by Gasteiger charge is 2.10. The minimum Gasteiger partial charge on any atom is -0.493 e. The lowest BCUT2D eigenvalue weighted by Crippen LogP contribution is -2.17. The highest BCUT2D eigenvalue weighted by molar-refractivity contribution is 5.43. The molecule has 0 aliphatic carbocycles. The lowest BCUT2D eigenvalue weighted by molar-refractivity contribution is 0.277. The Morgan fingerprint density at radius 1 is 1.33 bits per heavy atom. The summed E-state index contributed by atoms with van der Waals surface area (Å²) < 4.78 is 13.2. The number of methoxy groups -OCH3 is 1. The summed E-state index contributed by atoms with van der Waals surface area (Å²) in [6.45, 7) is 5.63. The summed E-state index contributed by atoms with van der Waals surface area (Å²) in [7, 11) is 3.61. The van der Waals surface area contributed by atoms with Gasteiger partial charge in [0.2, 0.25) is 0 Å². The second kappa shape index (κ2) is 7.13. The zero-order valence-electron chi connectivity index (χ0n) is 13.1. The SMILES string of the molecule is CCNC(C)c1ccc(OCc2cncn2C)c(OC)c1. The van der Waals surface area contributed by atoms with Crippen LogP contribution in [0.15, 0.2) is 30.7 Å². The molecule has 0 saturated carbocycles. The van der Waals surface area contributed by atoms with Crippen LogP contribution in [0.5, 0.6) is 11.5 Å². The first-order chi connectivity index (χ1) is 10.2. The van der Waals surface area contributed by atoms with Gasteiger partial charge in [-0.25, -0.2) is 4.98 Å². The topological polar surface area (TPSA) is 48.3 Å². The second-order valence-electron chi connectivity index (χ2n) is 4.97. The fraction of sp³-hybridized carbons (Fsp3) is 0.438. The van der Waals surface area contributed by atoms with E-state index in [4.69, 9.17) is 9.47 Å². The molecule has 0 radical (unpaired) electrons. The Kier molecular flexibility index (Phi) is 5.22. The smallest absolute Gasteiger partial charge is 0.161 e. The Bertz CT molecular complexity index is 581. The highest BCUT2D eigenvalue weighted by Crippen LogP contribution is 2.30. The number of hydrogen-bond donors (Lipinski definition) is 1. The molecule has 5 heteroatoms.